The molecule has 1 heterocycles. The maximum Gasteiger partial charge on any atom is 0.164 e. The van der Waals surface area contributed by atoms with Crippen LogP contribution in [0.1, 0.15) is 49.9 Å². The fourth-order valence-corrected chi connectivity index (χ4v) is 9.48. The zero-order valence-electron chi connectivity index (χ0n) is 33.1. The Morgan fingerprint density at radius 2 is 0.638 bits per heavy atom. The number of rotatable bonds is 5. The molecule has 276 valence electrons. The van der Waals surface area contributed by atoms with Gasteiger partial charge < -0.3 is 0 Å². The molecule has 0 bridgehead atoms. The van der Waals surface area contributed by atoms with E-state index in [1.54, 1.807) is 0 Å². The highest BCUT2D eigenvalue weighted by Gasteiger charge is 2.36. The average molecular weight is 744 g/mol. The van der Waals surface area contributed by atoms with E-state index in [4.69, 9.17) is 15.0 Å². The van der Waals surface area contributed by atoms with Crippen LogP contribution in [0.3, 0.4) is 0 Å². The lowest BCUT2D eigenvalue weighted by Gasteiger charge is -2.22. The molecule has 0 fully saturated rings. The van der Waals surface area contributed by atoms with Crippen molar-refractivity contribution in [2.24, 2.45) is 0 Å². The summed E-state index contributed by atoms with van der Waals surface area (Å²) in [7, 11) is 0. The first kappa shape index (κ1) is 34.3. The maximum absolute atomic E-state index is 5.12. The van der Waals surface area contributed by atoms with Gasteiger partial charge >= 0.3 is 0 Å². The molecule has 2 aliphatic carbocycles. The van der Waals surface area contributed by atoms with Gasteiger partial charge in [0.05, 0.1) is 0 Å². The van der Waals surface area contributed by atoms with E-state index in [9.17, 15) is 0 Å². The van der Waals surface area contributed by atoms with E-state index < -0.39 is 0 Å². The van der Waals surface area contributed by atoms with Crippen LogP contribution in [0.5, 0.6) is 0 Å². The highest BCUT2D eigenvalue weighted by Crippen LogP contribution is 2.51. The number of aromatic nitrogens is 3. The number of benzene rings is 8. The fourth-order valence-electron chi connectivity index (χ4n) is 9.48. The van der Waals surface area contributed by atoms with E-state index in [1.807, 2.05) is 0 Å². The first-order valence-corrected chi connectivity index (χ1v) is 20.2. The first-order chi connectivity index (χ1) is 28.2. The molecule has 1 aromatic heterocycles. The molecule has 0 amide bonds. The van der Waals surface area contributed by atoms with E-state index in [0.717, 1.165) is 33.2 Å². The lowest BCUT2D eigenvalue weighted by molar-refractivity contribution is 0.660. The second-order valence-corrected chi connectivity index (χ2v) is 16.9. The van der Waals surface area contributed by atoms with Gasteiger partial charge in [0, 0.05) is 27.5 Å². The predicted octanol–water partition coefficient (Wildman–Crippen LogP) is 14.0. The van der Waals surface area contributed by atoms with Crippen molar-refractivity contribution in [3.63, 3.8) is 0 Å². The van der Waals surface area contributed by atoms with E-state index in [0.29, 0.717) is 17.5 Å². The van der Waals surface area contributed by atoms with E-state index in [-0.39, 0.29) is 10.8 Å². The Hall–Kier alpha value is -6.97. The molecule has 0 radical (unpaired) electrons. The van der Waals surface area contributed by atoms with Gasteiger partial charge in [-0.2, -0.15) is 0 Å². The minimum atomic E-state index is -0.0504. The third-order valence-corrected chi connectivity index (χ3v) is 12.8. The molecular formula is C55H41N3. The van der Waals surface area contributed by atoms with Crippen LogP contribution in [0.25, 0.3) is 89.4 Å². The Morgan fingerprint density at radius 3 is 1.14 bits per heavy atom. The summed E-state index contributed by atoms with van der Waals surface area (Å²) in [5.41, 5.74) is 18.3. The van der Waals surface area contributed by atoms with Crippen LogP contribution >= 0.6 is 0 Å². The summed E-state index contributed by atoms with van der Waals surface area (Å²) < 4.78 is 0. The van der Waals surface area contributed by atoms with Crippen LogP contribution in [0.2, 0.25) is 0 Å². The Bertz CT molecular complexity index is 2930. The van der Waals surface area contributed by atoms with Gasteiger partial charge in [-0.3, -0.25) is 0 Å². The van der Waals surface area contributed by atoms with Gasteiger partial charge in [0.15, 0.2) is 17.5 Å². The summed E-state index contributed by atoms with van der Waals surface area (Å²) in [5.74, 6) is 1.95. The standard InChI is InChI=1S/C55H41N3/c1-54(2)47-15-9-7-13-43(47)45-29-27-40(32-49(45)54)35-17-22-37(23-18-35)51-56-52(58-53(57-51)42-26-21-34-11-5-6-12-39(34)31-42)38-24-19-36(20-25-38)41-28-30-46-44-14-8-10-16-48(44)55(3,4)50(46)33-41/h5-33H,1-4H3. The average Bonchev–Trinajstić information content (AvgIpc) is 3.65. The summed E-state index contributed by atoms with van der Waals surface area (Å²) in [5, 5.41) is 2.34. The number of nitrogens with zero attached hydrogens (tertiary/aromatic N) is 3. The van der Waals surface area contributed by atoms with Gasteiger partial charge in [-0.25, -0.2) is 15.0 Å². The molecule has 0 unspecified atom stereocenters. The summed E-state index contributed by atoms with van der Waals surface area (Å²) in [4.78, 5) is 15.3. The molecule has 11 rings (SSSR count). The largest absolute Gasteiger partial charge is 0.208 e. The highest BCUT2D eigenvalue weighted by atomic mass is 15.0. The monoisotopic (exact) mass is 743 g/mol. The molecule has 8 aromatic carbocycles. The summed E-state index contributed by atoms with van der Waals surface area (Å²) in [6.45, 7) is 9.32. The quantitative estimate of drug-likeness (QED) is 0.176. The Labute approximate surface area is 339 Å². The molecule has 0 saturated heterocycles. The van der Waals surface area contributed by atoms with Gasteiger partial charge in [0.25, 0.3) is 0 Å². The van der Waals surface area contributed by atoms with Crippen LogP contribution in [0, 0.1) is 0 Å². The molecule has 0 aliphatic heterocycles. The smallest absolute Gasteiger partial charge is 0.164 e. The normalized spacial score (nSPS) is 14.1. The Kier molecular flexibility index (Phi) is 7.55. The predicted molar refractivity (Wildman–Crippen MR) is 240 cm³/mol. The molecule has 3 nitrogen and oxygen atoms in total. The third-order valence-electron chi connectivity index (χ3n) is 12.8. The Balaban J connectivity index is 0.958. The van der Waals surface area contributed by atoms with Crippen molar-refractivity contribution in [2.45, 2.75) is 38.5 Å². The van der Waals surface area contributed by atoms with Crippen LogP contribution in [-0.4, -0.2) is 15.0 Å². The first-order valence-electron chi connectivity index (χ1n) is 20.2. The van der Waals surface area contributed by atoms with E-state index >= 15 is 0 Å². The third kappa shape index (κ3) is 5.38. The number of hydrogen-bond acceptors (Lipinski definition) is 3. The van der Waals surface area contributed by atoms with Crippen molar-refractivity contribution >= 4 is 10.8 Å². The molecule has 2 aliphatic rings. The lowest BCUT2D eigenvalue weighted by Crippen LogP contribution is -2.14. The van der Waals surface area contributed by atoms with Gasteiger partial charge in [0.1, 0.15) is 0 Å². The number of hydrogen-bond donors (Lipinski definition) is 0. The van der Waals surface area contributed by atoms with Gasteiger partial charge in [-0.1, -0.05) is 185 Å². The van der Waals surface area contributed by atoms with Crippen molar-refractivity contribution in [1.82, 2.24) is 15.0 Å². The summed E-state index contributed by atoms with van der Waals surface area (Å²) in [6.07, 6.45) is 0. The van der Waals surface area contributed by atoms with Crippen molar-refractivity contribution in [2.75, 3.05) is 0 Å². The molecule has 0 N–H and O–H groups in total. The summed E-state index contributed by atoms with van der Waals surface area (Å²) >= 11 is 0. The SMILES string of the molecule is CC1(C)c2ccccc2-c2ccc(-c3ccc(-c4nc(-c5ccc(-c6ccc7c(c6)C(C)(C)c6ccccc6-7)cc5)nc(-c5ccc6ccccc6c5)n4)cc3)cc21. The maximum atomic E-state index is 5.12. The van der Waals surface area contributed by atoms with Gasteiger partial charge in [-0.15, -0.1) is 0 Å². The van der Waals surface area contributed by atoms with Crippen molar-refractivity contribution in [3.8, 4) is 78.7 Å². The van der Waals surface area contributed by atoms with E-state index in [1.165, 1.54) is 61.0 Å². The topological polar surface area (TPSA) is 38.7 Å². The second kappa shape index (κ2) is 12.8. The molecule has 0 saturated carbocycles. The van der Waals surface area contributed by atoms with Crippen LogP contribution in [0.4, 0.5) is 0 Å². The van der Waals surface area contributed by atoms with Crippen LogP contribution < -0.4 is 0 Å². The molecule has 3 heteroatoms. The minimum absolute atomic E-state index is 0.0504. The molecule has 9 aromatic rings. The van der Waals surface area contributed by atoms with Crippen molar-refractivity contribution < 1.29 is 0 Å². The van der Waals surface area contributed by atoms with Gasteiger partial charge in [-0.05, 0) is 95.7 Å². The molecular weight excluding hydrogens is 703 g/mol. The van der Waals surface area contributed by atoms with E-state index in [2.05, 4.69) is 204 Å². The second-order valence-electron chi connectivity index (χ2n) is 16.9. The van der Waals surface area contributed by atoms with Crippen molar-refractivity contribution in [3.05, 3.63) is 198 Å². The number of fused-ring (bicyclic) bond motifs is 7. The van der Waals surface area contributed by atoms with Crippen LogP contribution in [0.15, 0.2) is 176 Å². The molecule has 0 atom stereocenters. The lowest BCUT2D eigenvalue weighted by atomic mass is 9.81. The zero-order valence-corrected chi connectivity index (χ0v) is 33.1. The summed E-state index contributed by atoms with van der Waals surface area (Å²) in [6, 6.07) is 63.6. The minimum Gasteiger partial charge on any atom is -0.208 e. The molecule has 0 spiro atoms. The van der Waals surface area contributed by atoms with Crippen LogP contribution in [-0.2, 0) is 10.8 Å². The highest BCUT2D eigenvalue weighted by molar-refractivity contribution is 5.88. The zero-order chi connectivity index (χ0) is 39.2. The fraction of sp³-hybridized carbons (Fsp3) is 0.109. The Morgan fingerprint density at radius 1 is 0.276 bits per heavy atom. The molecule has 58 heavy (non-hydrogen) atoms. The van der Waals surface area contributed by atoms with Gasteiger partial charge in [0.2, 0.25) is 0 Å². The van der Waals surface area contributed by atoms with Crippen molar-refractivity contribution in [1.29, 1.82) is 0 Å².